The minimum atomic E-state index is -0.650. The second-order valence-corrected chi connectivity index (χ2v) is 6.62. The Kier molecular flexibility index (Phi) is 6.07. The van der Waals surface area contributed by atoms with Crippen LogP contribution in [0.15, 0.2) is 59.8 Å². The Balaban J connectivity index is 1.91. The van der Waals surface area contributed by atoms with Gasteiger partial charge in [0.15, 0.2) is 11.5 Å². The van der Waals surface area contributed by atoms with Gasteiger partial charge in [0.25, 0.3) is 0 Å². The van der Waals surface area contributed by atoms with Gasteiger partial charge in [-0.25, -0.2) is 9.59 Å². The lowest BCUT2D eigenvalue weighted by Gasteiger charge is -2.33. The SMILES string of the molecule is COC(=O)C1=C(C)N(C)C(=O)N[C@@H]1c1ccc(OCc2ccccc2)c(OC)c1. The molecule has 2 aromatic carbocycles. The second-order valence-electron chi connectivity index (χ2n) is 6.62. The van der Waals surface area contributed by atoms with Crippen molar-refractivity contribution in [1.82, 2.24) is 10.2 Å². The van der Waals surface area contributed by atoms with Crippen LogP contribution in [0.25, 0.3) is 0 Å². The maximum Gasteiger partial charge on any atom is 0.337 e. The molecule has 0 bridgehead atoms. The van der Waals surface area contributed by atoms with Crippen LogP contribution in [-0.2, 0) is 16.1 Å². The summed E-state index contributed by atoms with van der Waals surface area (Å²) in [6.07, 6.45) is 0. The molecule has 152 valence electrons. The Labute approximate surface area is 169 Å². The first-order chi connectivity index (χ1) is 14.0. The van der Waals surface area contributed by atoms with Crippen molar-refractivity contribution in [2.75, 3.05) is 21.3 Å². The minimum absolute atomic E-state index is 0.302. The van der Waals surface area contributed by atoms with E-state index >= 15 is 0 Å². The average Bonchev–Trinajstić information content (AvgIpc) is 2.75. The van der Waals surface area contributed by atoms with E-state index in [1.807, 2.05) is 30.3 Å². The maximum atomic E-state index is 12.4. The molecule has 0 aromatic heterocycles. The number of hydrogen-bond donors (Lipinski definition) is 1. The van der Waals surface area contributed by atoms with Crippen molar-refractivity contribution in [3.8, 4) is 11.5 Å². The number of esters is 1. The summed E-state index contributed by atoms with van der Waals surface area (Å²) in [7, 11) is 4.46. The predicted octanol–water partition coefficient (Wildman–Crippen LogP) is 3.42. The van der Waals surface area contributed by atoms with Gasteiger partial charge in [-0.15, -0.1) is 0 Å². The third kappa shape index (κ3) is 4.18. The average molecular weight is 396 g/mol. The number of hydrogen-bond acceptors (Lipinski definition) is 5. The summed E-state index contributed by atoms with van der Waals surface area (Å²) in [5.74, 6) is 0.580. The smallest absolute Gasteiger partial charge is 0.337 e. The van der Waals surface area contributed by atoms with Gasteiger partial charge in [-0.2, -0.15) is 0 Å². The summed E-state index contributed by atoms with van der Waals surface area (Å²) in [6.45, 7) is 2.11. The van der Waals surface area contributed by atoms with Crippen molar-refractivity contribution in [1.29, 1.82) is 0 Å². The number of rotatable bonds is 6. The molecule has 0 aliphatic carbocycles. The van der Waals surface area contributed by atoms with Crippen LogP contribution in [0.5, 0.6) is 11.5 Å². The van der Waals surface area contributed by atoms with Crippen LogP contribution in [0.4, 0.5) is 4.79 Å². The highest BCUT2D eigenvalue weighted by molar-refractivity contribution is 5.94. The van der Waals surface area contributed by atoms with Gasteiger partial charge in [-0.3, -0.25) is 0 Å². The van der Waals surface area contributed by atoms with E-state index in [0.717, 1.165) is 5.56 Å². The van der Waals surface area contributed by atoms with Crippen molar-refractivity contribution < 1.29 is 23.8 Å². The Hall–Kier alpha value is -3.48. The molecule has 0 radical (unpaired) electrons. The highest BCUT2D eigenvalue weighted by Gasteiger charge is 2.35. The molecule has 0 saturated carbocycles. The molecule has 1 aliphatic rings. The molecular weight excluding hydrogens is 372 g/mol. The van der Waals surface area contributed by atoms with Crippen LogP contribution in [0.3, 0.4) is 0 Å². The molecule has 2 amide bonds. The molecule has 7 nitrogen and oxygen atoms in total. The number of nitrogens with one attached hydrogen (secondary N) is 1. The van der Waals surface area contributed by atoms with Crippen molar-refractivity contribution >= 4 is 12.0 Å². The van der Waals surface area contributed by atoms with E-state index in [4.69, 9.17) is 14.2 Å². The largest absolute Gasteiger partial charge is 0.493 e. The molecule has 2 aromatic rings. The number of amides is 2. The molecule has 7 heteroatoms. The first kappa shape index (κ1) is 20.3. The van der Waals surface area contributed by atoms with Crippen LogP contribution >= 0.6 is 0 Å². The van der Waals surface area contributed by atoms with E-state index in [-0.39, 0.29) is 6.03 Å². The van der Waals surface area contributed by atoms with Gasteiger partial charge in [0.1, 0.15) is 6.61 Å². The van der Waals surface area contributed by atoms with E-state index in [0.29, 0.717) is 34.9 Å². The number of benzene rings is 2. The van der Waals surface area contributed by atoms with E-state index in [1.165, 1.54) is 12.0 Å². The van der Waals surface area contributed by atoms with Crippen LogP contribution in [0.1, 0.15) is 24.1 Å². The highest BCUT2D eigenvalue weighted by Crippen LogP contribution is 2.36. The van der Waals surface area contributed by atoms with Gasteiger partial charge in [0.05, 0.1) is 25.8 Å². The standard InChI is InChI=1S/C22H24N2O5/c1-14-19(21(25)28-4)20(23-22(26)24(14)2)16-10-11-17(18(12-16)27-3)29-13-15-8-6-5-7-9-15/h5-12,20H,13H2,1-4H3,(H,23,26)/t20-/m1/s1. The summed E-state index contributed by atoms with van der Waals surface area (Å²) in [5.41, 5.74) is 2.63. The summed E-state index contributed by atoms with van der Waals surface area (Å²) in [5, 5.41) is 2.84. The van der Waals surface area contributed by atoms with E-state index in [9.17, 15) is 9.59 Å². The zero-order valence-corrected chi connectivity index (χ0v) is 16.9. The molecule has 29 heavy (non-hydrogen) atoms. The van der Waals surface area contributed by atoms with Crippen LogP contribution in [0.2, 0.25) is 0 Å². The van der Waals surface area contributed by atoms with Gasteiger partial charge >= 0.3 is 12.0 Å². The van der Waals surface area contributed by atoms with Crippen molar-refractivity contribution in [3.63, 3.8) is 0 Å². The van der Waals surface area contributed by atoms with Crippen molar-refractivity contribution in [2.24, 2.45) is 0 Å². The van der Waals surface area contributed by atoms with Crippen molar-refractivity contribution in [3.05, 3.63) is 70.9 Å². The predicted molar refractivity (Wildman–Crippen MR) is 108 cm³/mol. The summed E-state index contributed by atoms with van der Waals surface area (Å²) in [6, 6.07) is 14.2. The number of carbonyl (C=O) groups excluding carboxylic acids is 2. The first-order valence-electron chi connectivity index (χ1n) is 9.14. The fourth-order valence-corrected chi connectivity index (χ4v) is 3.18. The van der Waals surface area contributed by atoms with Gasteiger partial charge in [0, 0.05) is 12.7 Å². The third-order valence-corrected chi connectivity index (χ3v) is 4.92. The lowest BCUT2D eigenvalue weighted by atomic mass is 9.94. The van der Waals surface area contributed by atoms with Gasteiger partial charge in [0.2, 0.25) is 0 Å². The molecule has 1 heterocycles. The Bertz CT molecular complexity index is 939. The lowest BCUT2D eigenvalue weighted by Crippen LogP contribution is -2.46. The molecule has 1 aliphatic heterocycles. The molecule has 3 rings (SSSR count). The maximum absolute atomic E-state index is 12.4. The summed E-state index contributed by atoms with van der Waals surface area (Å²) >= 11 is 0. The molecule has 0 unspecified atom stereocenters. The molecule has 0 fully saturated rings. The van der Waals surface area contributed by atoms with Crippen LogP contribution in [0, 0.1) is 0 Å². The number of carbonyl (C=O) groups is 2. The van der Waals surface area contributed by atoms with Gasteiger partial charge in [-0.05, 0) is 30.2 Å². The fourth-order valence-electron chi connectivity index (χ4n) is 3.18. The number of nitrogens with zero attached hydrogens (tertiary/aromatic N) is 1. The summed E-state index contributed by atoms with van der Waals surface area (Å²) < 4.78 is 16.3. The number of methoxy groups -OCH3 is 2. The quantitative estimate of drug-likeness (QED) is 0.757. The number of allylic oxidation sites excluding steroid dienone is 1. The first-order valence-corrected chi connectivity index (χ1v) is 9.14. The Morgan fingerprint density at radius 1 is 1.10 bits per heavy atom. The van der Waals surface area contributed by atoms with Crippen LogP contribution < -0.4 is 14.8 Å². The van der Waals surface area contributed by atoms with E-state index in [1.54, 1.807) is 39.3 Å². The molecule has 1 atom stereocenters. The van der Waals surface area contributed by atoms with Gasteiger partial charge in [-0.1, -0.05) is 36.4 Å². The minimum Gasteiger partial charge on any atom is -0.493 e. The molecule has 0 spiro atoms. The third-order valence-electron chi connectivity index (χ3n) is 4.92. The zero-order chi connectivity index (χ0) is 21.0. The topological polar surface area (TPSA) is 77.1 Å². The van der Waals surface area contributed by atoms with Crippen molar-refractivity contribution in [2.45, 2.75) is 19.6 Å². The normalized spacial score (nSPS) is 16.3. The van der Waals surface area contributed by atoms with E-state index < -0.39 is 12.0 Å². The second kappa shape index (κ2) is 8.68. The molecular formula is C22H24N2O5. The fraction of sp³-hybridized carbons (Fsp3) is 0.273. The highest BCUT2D eigenvalue weighted by atomic mass is 16.5. The Morgan fingerprint density at radius 3 is 2.48 bits per heavy atom. The molecule has 0 saturated heterocycles. The Morgan fingerprint density at radius 2 is 1.83 bits per heavy atom. The monoisotopic (exact) mass is 396 g/mol. The number of ether oxygens (including phenoxy) is 3. The summed E-state index contributed by atoms with van der Waals surface area (Å²) in [4.78, 5) is 26.1. The van der Waals surface area contributed by atoms with Gasteiger partial charge < -0.3 is 24.4 Å². The lowest BCUT2D eigenvalue weighted by molar-refractivity contribution is -0.136. The van der Waals surface area contributed by atoms with Crippen LogP contribution in [-0.4, -0.2) is 38.2 Å². The van der Waals surface area contributed by atoms with E-state index in [2.05, 4.69) is 5.32 Å². The zero-order valence-electron chi connectivity index (χ0n) is 16.9. The molecule has 1 N–H and O–H groups in total. The number of urea groups is 1.